The van der Waals surface area contributed by atoms with E-state index in [2.05, 4.69) is 10.6 Å². The third-order valence-electron chi connectivity index (χ3n) is 3.21. The number of nitrogens with one attached hydrogen (secondary N) is 2. The summed E-state index contributed by atoms with van der Waals surface area (Å²) in [5, 5.41) is 6.14. The summed E-state index contributed by atoms with van der Waals surface area (Å²) in [6.45, 7) is 1.95. The predicted molar refractivity (Wildman–Crippen MR) is 99.1 cm³/mol. The van der Waals surface area contributed by atoms with Gasteiger partial charge in [-0.05, 0) is 42.3 Å². The Kier molecular flexibility index (Phi) is 6.58. The summed E-state index contributed by atoms with van der Waals surface area (Å²) >= 11 is 6.04. The average Bonchev–Trinajstić information content (AvgIpc) is 2.54. The number of amides is 2. The minimum Gasteiger partial charge on any atom is -0.326 e. The van der Waals surface area contributed by atoms with Gasteiger partial charge >= 0.3 is 0 Å². The van der Waals surface area contributed by atoms with Gasteiger partial charge in [-0.15, -0.1) is 0 Å². The molecular weight excluding hydrogens is 324 g/mol. The number of halogens is 1. The molecule has 2 aromatic rings. The van der Waals surface area contributed by atoms with Crippen LogP contribution in [0.25, 0.3) is 6.08 Å². The third kappa shape index (κ3) is 5.56. The van der Waals surface area contributed by atoms with E-state index in [1.807, 2.05) is 25.1 Å². The van der Waals surface area contributed by atoms with Gasteiger partial charge in [0.25, 0.3) is 0 Å². The third-order valence-corrected chi connectivity index (χ3v) is 3.55. The fourth-order valence-electron chi connectivity index (χ4n) is 2.08. The van der Waals surface area contributed by atoms with E-state index in [4.69, 9.17) is 11.6 Å². The zero-order valence-corrected chi connectivity index (χ0v) is 14.1. The van der Waals surface area contributed by atoms with Crippen molar-refractivity contribution in [3.63, 3.8) is 0 Å². The summed E-state index contributed by atoms with van der Waals surface area (Å²) in [5.74, 6) is -0.313. The van der Waals surface area contributed by atoms with E-state index in [1.54, 1.807) is 36.4 Å². The Morgan fingerprint density at radius 2 is 1.75 bits per heavy atom. The molecule has 0 spiro atoms. The van der Waals surface area contributed by atoms with Gasteiger partial charge in [0.1, 0.15) is 0 Å². The van der Waals surface area contributed by atoms with Crippen molar-refractivity contribution in [2.45, 2.75) is 19.8 Å². The van der Waals surface area contributed by atoms with Crippen LogP contribution in [0.2, 0.25) is 5.02 Å². The predicted octanol–water partition coefficient (Wildman–Crippen LogP) is 4.73. The molecule has 4 nitrogen and oxygen atoms in total. The van der Waals surface area contributed by atoms with Gasteiger partial charge in [0.15, 0.2) is 0 Å². The van der Waals surface area contributed by atoms with Crippen molar-refractivity contribution in [3.8, 4) is 0 Å². The Labute approximate surface area is 146 Å². The maximum atomic E-state index is 12.0. The van der Waals surface area contributed by atoms with E-state index in [9.17, 15) is 9.59 Å². The number of carbonyl (C=O) groups excluding carboxylic acids is 2. The number of carbonyl (C=O) groups is 2. The van der Waals surface area contributed by atoms with E-state index < -0.39 is 0 Å². The molecule has 2 rings (SSSR count). The van der Waals surface area contributed by atoms with Crippen LogP contribution in [-0.4, -0.2) is 11.8 Å². The lowest BCUT2D eigenvalue weighted by molar-refractivity contribution is -0.116. The van der Waals surface area contributed by atoms with E-state index in [0.717, 1.165) is 12.0 Å². The SMILES string of the molecule is CCCC(=O)Nc1cccc(NC(=O)/C=C/c2ccccc2Cl)c1. The molecule has 0 atom stereocenters. The topological polar surface area (TPSA) is 58.2 Å². The smallest absolute Gasteiger partial charge is 0.248 e. The second-order valence-electron chi connectivity index (χ2n) is 5.22. The number of rotatable bonds is 6. The minimum absolute atomic E-state index is 0.0420. The van der Waals surface area contributed by atoms with Crippen molar-refractivity contribution in [1.29, 1.82) is 0 Å². The van der Waals surface area contributed by atoms with Crippen molar-refractivity contribution in [1.82, 2.24) is 0 Å². The van der Waals surface area contributed by atoms with Crippen LogP contribution in [0.4, 0.5) is 11.4 Å². The largest absolute Gasteiger partial charge is 0.326 e. The molecule has 2 aromatic carbocycles. The highest BCUT2D eigenvalue weighted by Gasteiger charge is 2.03. The molecule has 0 saturated carbocycles. The van der Waals surface area contributed by atoms with Gasteiger partial charge in [0, 0.05) is 28.9 Å². The maximum Gasteiger partial charge on any atom is 0.248 e. The van der Waals surface area contributed by atoms with Gasteiger partial charge in [-0.1, -0.05) is 42.8 Å². The number of anilines is 2. The van der Waals surface area contributed by atoms with Gasteiger partial charge < -0.3 is 10.6 Å². The molecule has 2 N–H and O–H groups in total. The molecule has 2 amide bonds. The van der Waals surface area contributed by atoms with Crippen LogP contribution in [0.15, 0.2) is 54.6 Å². The number of hydrogen-bond acceptors (Lipinski definition) is 2. The molecule has 0 radical (unpaired) electrons. The van der Waals surface area contributed by atoms with Gasteiger partial charge in [-0.25, -0.2) is 0 Å². The lowest BCUT2D eigenvalue weighted by atomic mass is 10.2. The highest BCUT2D eigenvalue weighted by Crippen LogP contribution is 2.17. The molecular formula is C19H19ClN2O2. The highest BCUT2D eigenvalue weighted by molar-refractivity contribution is 6.32. The summed E-state index contributed by atoms with van der Waals surface area (Å²) in [4.78, 5) is 23.6. The van der Waals surface area contributed by atoms with Crippen molar-refractivity contribution >= 4 is 40.9 Å². The quantitative estimate of drug-likeness (QED) is 0.745. The molecule has 0 fully saturated rings. The van der Waals surface area contributed by atoms with Crippen LogP contribution in [0.1, 0.15) is 25.3 Å². The molecule has 0 aliphatic rings. The Morgan fingerprint density at radius 3 is 2.46 bits per heavy atom. The first-order valence-corrected chi connectivity index (χ1v) is 8.10. The van der Waals surface area contributed by atoms with Crippen molar-refractivity contribution in [2.24, 2.45) is 0 Å². The Bertz CT molecular complexity index is 757. The molecule has 0 aliphatic heterocycles. The molecule has 0 saturated heterocycles. The van der Waals surface area contributed by atoms with Gasteiger partial charge in [0.05, 0.1) is 0 Å². The number of benzene rings is 2. The highest BCUT2D eigenvalue weighted by atomic mass is 35.5. The Morgan fingerprint density at radius 1 is 1.04 bits per heavy atom. The molecule has 5 heteroatoms. The maximum absolute atomic E-state index is 12.0. The van der Waals surface area contributed by atoms with Crippen LogP contribution in [0.3, 0.4) is 0 Å². The molecule has 0 aromatic heterocycles. The Hall–Kier alpha value is -2.59. The first-order chi connectivity index (χ1) is 11.6. The zero-order valence-electron chi connectivity index (χ0n) is 13.4. The van der Waals surface area contributed by atoms with E-state index >= 15 is 0 Å². The van der Waals surface area contributed by atoms with E-state index in [0.29, 0.717) is 22.8 Å². The normalized spacial score (nSPS) is 10.6. The fraction of sp³-hybridized carbons (Fsp3) is 0.158. The summed E-state index contributed by atoms with van der Waals surface area (Å²) in [5.41, 5.74) is 2.04. The number of hydrogen-bond donors (Lipinski definition) is 2. The first kappa shape index (κ1) is 17.8. The van der Waals surface area contributed by atoms with Crippen molar-refractivity contribution in [2.75, 3.05) is 10.6 Å². The first-order valence-electron chi connectivity index (χ1n) is 7.72. The lowest BCUT2D eigenvalue weighted by Gasteiger charge is -2.07. The molecule has 0 aliphatic carbocycles. The summed E-state index contributed by atoms with van der Waals surface area (Å²) in [6.07, 6.45) is 4.33. The van der Waals surface area contributed by atoms with Crippen molar-refractivity contribution < 1.29 is 9.59 Å². The molecule has 0 heterocycles. The second-order valence-corrected chi connectivity index (χ2v) is 5.63. The van der Waals surface area contributed by atoms with Gasteiger partial charge in [-0.3, -0.25) is 9.59 Å². The standard InChI is InChI=1S/C19H19ClN2O2/c1-2-6-18(23)21-15-8-5-9-16(13-15)22-19(24)12-11-14-7-3-4-10-17(14)20/h3-5,7-13H,2,6H2,1H3,(H,21,23)(H,22,24)/b12-11+. The monoisotopic (exact) mass is 342 g/mol. The van der Waals surface area contributed by atoms with Crippen LogP contribution in [0.5, 0.6) is 0 Å². The Balaban J connectivity index is 1.99. The molecule has 124 valence electrons. The molecule has 0 unspecified atom stereocenters. The van der Waals surface area contributed by atoms with Crippen molar-refractivity contribution in [3.05, 3.63) is 65.2 Å². The fourth-order valence-corrected chi connectivity index (χ4v) is 2.28. The van der Waals surface area contributed by atoms with Gasteiger partial charge in [0.2, 0.25) is 11.8 Å². The summed E-state index contributed by atoms with van der Waals surface area (Å²) in [7, 11) is 0. The minimum atomic E-state index is -0.271. The summed E-state index contributed by atoms with van der Waals surface area (Å²) in [6, 6.07) is 14.3. The summed E-state index contributed by atoms with van der Waals surface area (Å²) < 4.78 is 0. The van der Waals surface area contributed by atoms with Crippen LogP contribution < -0.4 is 10.6 Å². The molecule has 0 bridgehead atoms. The van der Waals surface area contributed by atoms with E-state index in [-0.39, 0.29) is 11.8 Å². The van der Waals surface area contributed by atoms with Crippen LogP contribution >= 0.6 is 11.6 Å². The van der Waals surface area contributed by atoms with Crippen LogP contribution in [-0.2, 0) is 9.59 Å². The zero-order chi connectivity index (χ0) is 17.4. The molecule has 24 heavy (non-hydrogen) atoms. The second kappa shape index (κ2) is 8.89. The van der Waals surface area contributed by atoms with E-state index in [1.165, 1.54) is 6.08 Å². The lowest BCUT2D eigenvalue weighted by Crippen LogP contribution is -2.12. The average molecular weight is 343 g/mol. The van der Waals surface area contributed by atoms with Gasteiger partial charge in [-0.2, -0.15) is 0 Å². The van der Waals surface area contributed by atoms with Crippen LogP contribution in [0, 0.1) is 0 Å².